The Kier molecular flexibility index (Phi) is 10.2. The van der Waals surface area contributed by atoms with Crippen molar-refractivity contribution in [3.63, 3.8) is 0 Å². The molecule has 3 N–H and O–H groups in total. The van der Waals surface area contributed by atoms with Crippen molar-refractivity contribution in [2.45, 2.75) is 69.5 Å². The Morgan fingerprint density at radius 3 is 2.21 bits per heavy atom. The molecule has 39 heavy (non-hydrogen) atoms. The minimum atomic E-state index is -4.08. The highest BCUT2D eigenvalue weighted by Crippen LogP contribution is 2.27. The SMILES string of the molecule is CC(=O)Nc1ccc(S(=O)(=O)N(CC(C)C)C[C@@H](O)[C@H](Cc2ccccc2)N(C(=O)O)[C@H]2CCC(=O)C2)cc1. The summed E-state index contributed by atoms with van der Waals surface area (Å²) in [6.07, 6.45) is -1.78. The van der Waals surface area contributed by atoms with E-state index in [9.17, 15) is 33.0 Å². The van der Waals surface area contributed by atoms with Crippen LogP contribution in [0.5, 0.6) is 0 Å². The van der Waals surface area contributed by atoms with E-state index in [0.717, 1.165) is 10.5 Å². The molecule has 2 aromatic rings. The van der Waals surface area contributed by atoms with Crippen molar-refractivity contribution >= 4 is 33.5 Å². The van der Waals surface area contributed by atoms with Gasteiger partial charge in [-0.05, 0) is 48.6 Å². The molecular formula is C28H37N3O7S. The topological polar surface area (TPSA) is 144 Å². The largest absolute Gasteiger partial charge is 0.465 e. The van der Waals surface area contributed by atoms with Crippen molar-refractivity contribution in [2.24, 2.45) is 5.92 Å². The first-order valence-corrected chi connectivity index (χ1v) is 14.4. The molecule has 1 aliphatic rings. The summed E-state index contributed by atoms with van der Waals surface area (Å²) in [7, 11) is -4.08. The smallest absolute Gasteiger partial charge is 0.407 e. The van der Waals surface area contributed by atoms with Crippen LogP contribution in [0.4, 0.5) is 10.5 Å². The molecule has 1 saturated carbocycles. The van der Waals surface area contributed by atoms with Crippen molar-refractivity contribution in [2.75, 3.05) is 18.4 Å². The van der Waals surface area contributed by atoms with E-state index in [4.69, 9.17) is 0 Å². The van der Waals surface area contributed by atoms with Crippen molar-refractivity contribution in [1.29, 1.82) is 0 Å². The quantitative estimate of drug-likeness (QED) is 0.362. The number of carbonyl (C=O) groups excluding carboxylic acids is 2. The summed E-state index contributed by atoms with van der Waals surface area (Å²) in [4.78, 5) is 36.9. The van der Waals surface area contributed by atoms with Crippen molar-refractivity contribution in [1.82, 2.24) is 9.21 Å². The minimum absolute atomic E-state index is 0.0134. The number of ketones is 1. The zero-order valence-corrected chi connectivity index (χ0v) is 23.3. The number of nitrogens with one attached hydrogen (secondary N) is 1. The van der Waals surface area contributed by atoms with Crippen molar-refractivity contribution in [3.8, 4) is 0 Å². The average Bonchev–Trinajstić information content (AvgIpc) is 3.28. The maximum Gasteiger partial charge on any atom is 0.407 e. The minimum Gasteiger partial charge on any atom is -0.465 e. The molecule has 1 aliphatic carbocycles. The Morgan fingerprint density at radius 2 is 1.69 bits per heavy atom. The number of hydrogen-bond acceptors (Lipinski definition) is 6. The Bertz CT molecular complexity index is 1250. The first-order valence-electron chi connectivity index (χ1n) is 13.0. The maximum absolute atomic E-state index is 13.7. The van der Waals surface area contributed by atoms with E-state index in [1.165, 1.54) is 35.5 Å². The Balaban J connectivity index is 1.94. The van der Waals surface area contributed by atoms with Crippen LogP contribution in [0.3, 0.4) is 0 Å². The van der Waals surface area contributed by atoms with Gasteiger partial charge in [0, 0.05) is 44.6 Å². The molecule has 2 amide bonds. The second-order valence-corrected chi connectivity index (χ2v) is 12.3. The van der Waals surface area contributed by atoms with Crippen molar-refractivity contribution in [3.05, 3.63) is 60.2 Å². The number of carboxylic acid groups (broad SMARTS) is 1. The summed E-state index contributed by atoms with van der Waals surface area (Å²) >= 11 is 0. The highest BCUT2D eigenvalue weighted by molar-refractivity contribution is 7.89. The second-order valence-electron chi connectivity index (χ2n) is 10.4. The predicted molar refractivity (Wildman–Crippen MR) is 147 cm³/mol. The first-order chi connectivity index (χ1) is 18.4. The van der Waals surface area contributed by atoms with Gasteiger partial charge in [-0.3, -0.25) is 14.5 Å². The number of Topliss-reactive ketones (excluding diaryl/α,β-unsaturated/α-hetero) is 1. The van der Waals surface area contributed by atoms with E-state index in [1.54, 1.807) is 0 Å². The molecule has 0 spiro atoms. The van der Waals surface area contributed by atoms with Gasteiger partial charge in [-0.1, -0.05) is 44.2 Å². The summed E-state index contributed by atoms with van der Waals surface area (Å²) in [5, 5.41) is 24.3. The molecule has 10 nitrogen and oxygen atoms in total. The molecule has 0 radical (unpaired) electrons. The molecule has 3 atom stereocenters. The van der Waals surface area contributed by atoms with Crippen molar-refractivity contribution < 1.29 is 33.0 Å². The molecule has 0 aromatic heterocycles. The summed E-state index contributed by atoms with van der Waals surface area (Å²) in [5.74, 6) is -0.404. The number of aliphatic hydroxyl groups excluding tert-OH is 1. The van der Waals surface area contributed by atoms with E-state index in [2.05, 4.69) is 5.32 Å². The molecule has 11 heteroatoms. The van der Waals surface area contributed by atoms with E-state index in [0.29, 0.717) is 12.1 Å². The van der Waals surface area contributed by atoms with Gasteiger partial charge >= 0.3 is 6.09 Å². The van der Waals surface area contributed by atoms with Crippen LogP contribution in [0.25, 0.3) is 0 Å². The number of sulfonamides is 1. The van der Waals surface area contributed by atoms with Crippen LogP contribution < -0.4 is 5.32 Å². The fraction of sp³-hybridized carbons (Fsp3) is 0.464. The number of benzene rings is 2. The number of amides is 2. The number of hydrogen-bond donors (Lipinski definition) is 3. The number of anilines is 1. The zero-order chi connectivity index (χ0) is 28.7. The molecule has 3 rings (SSSR count). The monoisotopic (exact) mass is 559 g/mol. The van der Waals surface area contributed by atoms with Gasteiger partial charge in [0.1, 0.15) is 5.78 Å². The number of rotatable bonds is 12. The molecule has 1 fully saturated rings. The van der Waals surface area contributed by atoms with Gasteiger partial charge in [0.2, 0.25) is 15.9 Å². The molecule has 2 aromatic carbocycles. The van der Waals surface area contributed by atoms with Crippen LogP contribution in [0.15, 0.2) is 59.5 Å². The van der Waals surface area contributed by atoms with Gasteiger partial charge in [-0.25, -0.2) is 13.2 Å². The summed E-state index contributed by atoms with van der Waals surface area (Å²) in [6.45, 7) is 4.81. The fourth-order valence-corrected chi connectivity index (χ4v) is 6.57. The van der Waals surface area contributed by atoms with Gasteiger partial charge < -0.3 is 15.5 Å². The number of carbonyl (C=O) groups is 3. The van der Waals surface area contributed by atoms with Crippen LogP contribution >= 0.6 is 0 Å². The average molecular weight is 560 g/mol. The molecule has 0 unspecified atom stereocenters. The predicted octanol–water partition coefficient (Wildman–Crippen LogP) is 3.37. The van der Waals surface area contributed by atoms with Crippen LogP contribution in [-0.4, -0.2) is 76.9 Å². The molecule has 212 valence electrons. The van der Waals surface area contributed by atoms with Gasteiger partial charge in [0.15, 0.2) is 0 Å². The molecule has 0 saturated heterocycles. The normalized spacial score (nSPS) is 17.3. The summed E-state index contributed by atoms with van der Waals surface area (Å²) < 4.78 is 28.5. The number of aliphatic hydroxyl groups is 1. The van der Waals surface area contributed by atoms with Gasteiger partial charge in [0.05, 0.1) is 17.0 Å². The van der Waals surface area contributed by atoms with E-state index >= 15 is 0 Å². The highest BCUT2D eigenvalue weighted by Gasteiger charge is 2.40. The second kappa shape index (κ2) is 13.2. The fourth-order valence-electron chi connectivity index (χ4n) is 4.95. The van der Waals surface area contributed by atoms with Gasteiger partial charge in [-0.2, -0.15) is 4.31 Å². The zero-order valence-electron chi connectivity index (χ0n) is 22.5. The first kappa shape index (κ1) is 30.3. The van der Waals surface area contributed by atoms with Gasteiger partial charge in [-0.15, -0.1) is 0 Å². The Morgan fingerprint density at radius 1 is 1.05 bits per heavy atom. The number of nitrogens with zero attached hydrogens (tertiary/aromatic N) is 2. The molecule has 0 aliphatic heterocycles. The molecule has 0 bridgehead atoms. The van der Waals surface area contributed by atoms with Crippen LogP contribution in [0.1, 0.15) is 45.6 Å². The lowest BCUT2D eigenvalue weighted by Gasteiger charge is -2.38. The summed E-state index contributed by atoms with van der Waals surface area (Å²) in [6, 6.07) is 13.3. The molecule has 0 heterocycles. The lowest BCUT2D eigenvalue weighted by atomic mass is 9.97. The van der Waals surface area contributed by atoms with Gasteiger partial charge in [0.25, 0.3) is 0 Å². The lowest BCUT2D eigenvalue weighted by Crippen LogP contribution is -2.55. The van der Waals surface area contributed by atoms with E-state index in [1.807, 2.05) is 44.2 Å². The third-order valence-corrected chi connectivity index (χ3v) is 8.54. The van der Waals surface area contributed by atoms with Crippen LogP contribution in [0, 0.1) is 5.92 Å². The Labute approximate surface area is 229 Å². The van der Waals surface area contributed by atoms with Crippen LogP contribution in [-0.2, 0) is 26.0 Å². The maximum atomic E-state index is 13.7. The summed E-state index contributed by atoms with van der Waals surface area (Å²) in [5.41, 5.74) is 1.23. The third kappa shape index (κ3) is 8.11. The Hall–Kier alpha value is -3.28. The standard InChI is InChI=1S/C28H37N3O7S/c1-19(2)17-30(39(37,38)25-13-9-22(10-14-25)29-20(3)32)18-27(34)26(15-21-7-5-4-6-8-21)31(28(35)36)23-11-12-24(33)16-23/h4-10,13-14,19,23,26-27,34H,11-12,15-18H2,1-3H3,(H,29,32)(H,35,36)/t23-,26-,27+/m0/s1. The van der Waals surface area contributed by atoms with E-state index in [-0.39, 0.29) is 54.9 Å². The van der Waals surface area contributed by atoms with Crippen LogP contribution in [0.2, 0.25) is 0 Å². The lowest BCUT2D eigenvalue weighted by molar-refractivity contribution is -0.117. The van der Waals surface area contributed by atoms with E-state index < -0.39 is 34.3 Å². The third-order valence-electron chi connectivity index (χ3n) is 6.70. The highest BCUT2D eigenvalue weighted by atomic mass is 32.2. The molecular weight excluding hydrogens is 522 g/mol.